The molecule has 0 fully saturated rings. The molecule has 0 bridgehead atoms. The van der Waals surface area contributed by atoms with Crippen LogP contribution in [-0.2, 0) is 6.42 Å². The van der Waals surface area contributed by atoms with Gasteiger partial charge >= 0.3 is 0 Å². The summed E-state index contributed by atoms with van der Waals surface area (Å²) in [4.78, 5) is 0. The van der Waals surface area contributed by atoms with Crippen LogP contribution in [0.15, 0.2) is 18.2 Å². The third-order valence-corrected chi connectivity index (χ3v) is 2.34. The lowest BCUT2D eigenvalue weighted by molar-refractivity contribution is 0.200. The number of aromatic hydroxyl groups is 1. The molecule has 70 valence electrons. The lowest BCUT2D eigenvalue weighted by Crippen LogP contribution is -2.35. The summed E-state index contributed by atoms with van der Waals surface area (Å²) in [5.41, 5.74) is 0.264. The molecule has 1 aromatic rings. The van der Waals surface area contributed by atoms with E-state index in [0.717, 1.165) is 5.69 Å². The number of anilines is 1. The Balaban J connectivity index is 2.44. The number of hydrogen-bond donors (Lipinski definition) is 2. The minimum absolute atomic E-state index is 0.175. The predicted octanol–water partition coefficient (Wildman–Crippen LogP) is 2.09. The molecule has 0 spiro atoms. The smallest absolute Gasteiger partial charge is 0.129 e. The molecule has 1 unspecified atom stereocenters. The van der Waals surface area contributed by atoms with Crippen molar-refractivity contribution in [3.63, 3.8) is 0 Å². The van der Waals surface area contributed by atoms with Gasteiger partial charge in [-0.2, -0.15) is 0 Å². The van der Waals surface area contributed by atoms with Gasteiger partial charge in [-0.3, -0.25) is 0 Å². The van der Waals surface area contributed by atoms with Crippen molar-refractivity contribution in [2.24, 2.45) is 0 Å². The maximum absolute atomic E-state index is 13.6. The highest BCUT2D eigenvalue weighted by molar-refractivity contribution is 5.59. The number of phenolic OH excluding ortho intramolecular Hbond substituents is 1. The summed E-state index contributed by atoms with van der Waals surface area (Å²) >= 11 is 0. The summed E-state index contributed by atoms with van der Waals surface area (Å²) in [7, 11) is 0. The molecule has 1 aromatic carbocycles. The number of alkyl halides is 1. The van der Waals surface area contributed by atoms with E-state index in [1.165, 1.54) is 6.92 Å². The van der Waals surface area contributed by atoms with Crippen LogP contribution in [0.25, 0.3) is 0 Å². The number of hydrogen-bond acceptors (Lipinski definition) is 2. The van der Waals surface area contributed by atoms with Gasteiger partial charge in [0.1, 0.15) is 11.4 Å². The van der Waals surface area contributed by atoms with E-state index in [0.29, 0.717) is 12.1 Å². The lowest BCUT2D eigenvalue weighted by atomic mass is 9.92. The topological polar surface area (TPSA) is 32.3 Å². The largest absolute Gasteiger partial charge is 0.508 e. The normalized spacial score (nSPS) is 26.3. The number of phenols is 1. The highest BCUT2D eigenvalue weighted by Gasteiger charge is 2.30. The van der Waals surface area contributed by atoms with Gasteiger partial charge < -0.3 is 10.4 Å². The van der Waals surface area contributed by atoms with Crippen LogP contribution in [-0.4, -0.2) is 17.3 Å². The molecule has 1 heterocycles. The Bertz CT molecular complexity index is 336. The van der Waals surface area contributed by atoms with Gasteiger partial charge in [0.2, 0.25) is 0 Å². The van der Waals surface area contributed by atoms with Crippen LogP contribution in [0, 0.1) is 0 Å². The Morgan fingerprint density at radius 3 is 3.08 bits per heavy atom. The number of nitrogens with one attached hydrogen (secondary N) is 1. The zero-order valence-electron chi connectivity index (χ0n) is 7.47. The van der Waals surface area contributed by atoms with E-state index >= 15 is 0 Å². The Kier molecular flexibility index (Phi) is 1.68. The van der Waals surface area contributed by atoms with Crippen molar-refractivity contribution in [1.82, 2.24) is 0 Å². The van der Waals surface area contributed by atoms with Crippen molar-refractivity contribution in [2.75, 3.05) is 11.9 Å². The van der Waals surface area contributed by atoms with Crippen LogP contribution in [0.3, 0.4) is 0 Å². The van der Waals surface area contributed by atoms with Gasteiger partial charge in [0, 0.05) is 24.2 Å². The molecule has 3 heteroatoms. The highest BCUT2D eigenvalue weighted by atomic mass is 19.1. The molecule has 0 saturated carbocycles. The van der Waals surface area contributed by atoms with Gasteiger partial charge in [-0.05, 0) is 19.1 Å². The second-order valence-corrected chi connectivity index (χ2v) is 3.75. The Morgan fingerprint density at radius 1 is 1.54 bits per heavy atom. The van der Waals surface area contributed by atoms with E-state index in [1.807, 2.05) is 6.07 Å². The first kappa shape index (κ1) is 8.35. The number of halogens is 1. The molecular formula is C10H12FNO. The molecule has 2 N–H and O–H groups in total. The van der Waals surface area contributed by atoms with Gasteiger partial charge in [-0.25, -0.2) is 4.39 Å². The van der Waals surface area contributed by atoms with Crippen LogP contribution in [0.4, 0.5) is 10.1 Å². The van der Waals surface area contributed by atoms with Crippen molar-refractivity contribution in [1.29, 1.82) is 0 Å². The molecule has 1 atom stereocenters. The molecule has 1 aliphatic rings. The second kappa shape index (κ2) is 2.62. The maximum Gasteiger partial charge on any atom is 0.129 e. The molecule has 2 rings (SSSR count). The van der Waals surface area contributed by atoms with Crippen molar-refractivity contribution in [2.45, 2.75) is 19.0 Å². The molecule has 0 aromatic heterocycles. The molecule has 13 heavy (non-hydrogen) atoms. The maximum atomic E-state index is 13.6. The van der Waals surface area contributed by atoms with Crippen LogP contribution in [0.1, 0.15) is 12.5 Å². The summed E-state index contributed by atoms with van der Waals surface area (Å²) in [5, 5.41) is 12.4. The number of fused-ring (bicyclic) bond motifs is 1. The third kappa shape index (κ3) is 1.46. The second-order valence-electron chi connectivity index (χ2n) is 3.75. The van der Waals surface area contributed by atoms with E-state index in [2.05, 4.69) is 5.32 Å². The SMILES string of the molecule is CC1(F)CNc2cccc(O)c2C1. The van der Waals surface area contributed by atoms with E-state index in [4.69, 9.17) is 0 Å². The van der Waals surface area contributed by atoms with Crippen LogP contribution < -0.4 is 5.32 Å². The molecule has 0 radical (unpaired) electrons. The van der Waals surface area contributed by atoms with Gasteiger partial charge in [0.25, 0.3) is 0 Å². The summed E-state index contributed by atoms with van der Waals surface area (Å²) < 4.78 is 13.6. The standard InChI is InChI=1S/C10H12FNO/c1-10(11)5-7-8(12-6-10)3-2-4-9(7)13/h2-4,12-13H,5-6H2,1H3. The van der Waals surface area contributed by atoms with Gasteiger partial charge in [-0.15, -0.1) is 0 Å². The van der Waals surface area contributed by atoms with Crippen LogP contribution in [0.5, 0.6) is 5.75 Å². The lowest BCUT2D eigenvalue weighted by Gasteiger charge is -2.29. The minimum Gasteiger partial charge on any atom is -0.508 e. The number of benzene rings is 1. The first-order valence-electron chi connectivity index (χ1n) is 4.32. The van der Waals surface area contributed by atoms with E-state index in [1.54, 1.807) is 12.1 Å². The third-order valence-electron chi connectivity index (χ3n) is 2.34. The molecule has 0 amide bonds. The van der Waals surface area contributed by atoms with Gasteiger partial charge in [0.05, 0.1) is 0 Å². The Labute approximate surface area is 76.4 Å². The van der Waals surface area contributed by atoms with Crippen molar-refractivity contribution < 1.29 is 9.50 Å². The fraction of sp³-hybridized carbons (Fsp3) is 0.400. The summed E-state index contributed by atoms with van der Waals surface area (Å²) in [6.07, 6.45) is 0.280. The monoisotopic (exact) mass is 181 g/mol. The Morgan fingerprint density at radius 2 is 2.31 bits per heavy atom. The molecular weight excluding hydrogens is 169 g/mol. The highest BCUT2D eigenvalue weighted by Crippen LogP contribution is 2.34. The molecule has 0 aliphatic carbocycles. The average Bonchev–Trinajstić information content (AvgIpc) is 2.06. The zero-order chi connectivity index (χ0) is 9.47. The van der Waals surface area contributed by atoms with Crippen LogP contribution >= 0.6 is 0 Å². The Hall–Kier alpha value is -1.25. The zero-order valence-corrected chi connectivity index (χ0v) is 7.47. The molecule has 2 nitrogen and oxygen atoms in total. The fourth-order valence-corrected chi connectivity index (χ4v) is 1.64. The van der Waals surface area contributed by atoms with E-state index < -0.39 is 5.67 Å². The minimum atomic E-state index is -1.26. The van der Waals surface area contributed by atoms with E-state index in [9.17, 15) is 9.50 Å². The summed E-state index contributed by atoms with van der Waals surface area (Å²) in [6, 6.07) is 5.19. The molecule has 1 aliphatic heterocycles. The van der Waals surface area contributed by atoms with E-state index in [-0.39, 0.29) is 12.2 Å². The number of rotatable bonds is 0. The van der Waals surface area contributed by atoms with Crippen LogP contribution in [0.2, 0.25) is 0 Å². The van der Waals surface area contributed by atoms with Crippen molar-refractivity contribution >= 4 is 5.69 Å². The van der Waals surface area contributed by atoms with Gasteiger partial charge in [0.15, 0.2) is 0 Å². The average molecular weight is 181 g/mol. The fourth-order valence-electron chi connectivity index (χ4n) is 1.64. The quantitative estimate of drug-likeness (QED) is 0.642. The predicted molar refractivity (Wildman–Crippen MR) is 49.8 cm³/mol. The van der Waals surface area contributed by atoms with Crippen molar-refractivity contribution in [3.8, 4) is 5.75 Å². The van der Waals surface area contributed by atoms with Gasteiger partial charge in [-0.1, -0.05) is 6.07 Å². The van der Waals surface area contributed by atoms with Crippen molar-refractivity contribution in [3.05, 3.63) is 23.8 Å². The first-order valence-corrected chi connectivity index (χ1v) is 4.32. The molecule has 0 saturated heterocycles. The summed E-state index contributed by atoms with van der Waals surface area (Å²) in [6.45, 7) is 1.85. The summed E-state index contributed by atoms with van der Waals surface area (Å²) in [5.74, 6) is 0.175. The first-order chi connectivity index (χ1) is 6.08.